The van der Waals surface area contributed by atoms with Gasteiger partial charge in [0, 0.05) is 18.6 Å². The molecule has 1 aliphatic carbocycles. The summed E-state index contributed by atoms with van der Waals surface area (Å²) in [6.07, 6.45) is 6.69. The number of aromatic nitrogens is 4. The predicted molar refractivity (Wildman–Crippen MR) is 135 cm³/mol. The van der Waals surface area contributed by atoms with E-state index in [1.54, 1.807) is 24.8 Å². The molecule has 1 saturated carbocycles. The quantitative estimate of drug-likeness (QED) is 0.374. The standard InChI is InChI=1S/C21H23N5O2S.C5H8O/c1-14(10-28-11-15-8-9-29-12-15)19-24-17-18(22)23-13-26(20(17)25-19)21(27-2)16-6-4-3-5-7-16;1-2-5-3-4(1)6-5/h3-9,12-14,21H,10-11,22H2,1-2H3;4-5H,1-3H2. The van der Waals surface area contributed by atoms with Gasteiger partial charge in [-0.2, -0.15) is 11.3 Å². The zero-order valence-corrected chi connectivity index (χ0v) is 20.9. The summed E-state index contributed by atoms with van der Waals surface area (Å²) in [6.45, 7) is 3.14. The van der Waals surface area contributed by atoms with Crippen LogP contribution in [-0.4, -0.2) is 45.4 Å². The number of hydrogen-bond acceptors (Lipinski definition) is 8. The SMILES string of the molecule is C1CC2CC1O2.COC(c1ccccc1)n1cnc(N)c2nc(C(C)COCc3ccsc3)nc1-2. The van der Waals surface area contributed by atoms with Crippen LogP contribution in [0.3, 0.4) is 0 Å². The van der Waals surface area contributed by atoms with E-state index >= 15 is 0 Å². The van der Waals surface area contributed by atoms with Crippen molar-refractivity contribution in [3.05, 3.63) is 70.4 Å². The fraction of sp³-hybridized carbons (Fsp3) is 0.423. The lowest BCUT2D eigenvalue weighted by Gasteiger charge is -2.23. The van der Waals surface area contributed by atoms with Gasteiger partial charge in [0.1, 0.15) is 12.2 Å². The number of anilines is 1. The van der Waals surface area contributed by atoms with Crippen molar-refractivity contribution in [1.29, 1.82) is 0 Å². The smallest absolute Gasteiger partial charge is 0.168 e. The third-order valence-corrected chi connectivity index (χ3v) is 7.14. The van der Waals surface area contributed by atoms with Crippen LogP contribution >= 0.6 is 11.3 Å². The number of hydrogen-bond donors (Lipinski definition) is 1. The van der Waals surface area contributed by atoms with Crippen molar-refractivity contribution in [2.24, 2.45) is 0 Å². The van der Waals surface area contributed by atoms with E-state index in [1.165, 1.54) is 24.8 Å². The largest absolute Gasteiger partial charge is 0.382 e. The molecule has 2 aromatic rings. The molecule has 184 valence electrons. The lowest BCUT2D eigenvalue weighted by Crippen LogP contribution is -2.25. The Morgan fingerprint density at radius 2 is 1.94 bits per heavy atom. The molecule has 2 bridgehead atoms. The van der Waals surface area contributed by atoms with Crippen LogP contribution in [0.4, 0.5) is 5.82 Å². The molecule has 0 amide bonds. The normalized spacial score (nSPS) is 20.2. The van der Waals surface area contributed by atoms with Gasteiger partial charge in [0.15, 0.2) is 23.6 Å². The lowest BCUT2D eigenvalue weighted by atomic mass is 10.2. The van der Waals surface area contributed by atoms with Crippen LogP contribution in [-0.2, 0) is 20.8 Å². The van der Waals surface area contributed by atoms with E-state index in [0.29, 0.717) is 48.6 Å². The number of nitrogen functional groups attached to an aromatic ring is 1. The Morgan fingerprint density at radius 1 is 1.17 bits per heavy atom. The summed E-state index contributed by atoms with van der Waals surface area (Å²) in [5.74, 6) is 1.70. The zero-order chi connectivity index (χ0) is 24.2. The van der Waals surface area contributed by atoms with Gasteiger partial charge in [0.05, 0.1) is 25.4 Å². The second-order valence-electron chi connectivity index (χ2n) is 9.03. The average Bonchev–Trinajstić information content (AvgIpc) is 3.66. The van der Waals surface area contributed by atoms with Crippen LogP contribution in [0.1, 0.15) is 55.3 Å². The number of fused-ring (bicyclic) bond motifs is 2. The minimum atomic E-state index is -0.374. The maximum absolute atomic E-state index is 6.09. The molecule has 7 rings (SSSR count). The summed E-state index contributed by atoms with van der Waals surface area (Å²) in [5, 5.41) is 4.13. The van der Waals surface area contributed by atoms with Gasteiger partial charge in [-0.3, -0.25) is 4.57 Å². The first-order valence-electron chi connectivity index (χ1n) is 11.9. The highest BCUT2D eigenvalue weighted by Gasteiger charge is 2.36. The van der Waals surface area contributed by atoms with E-state index in [-0.39, 0.29) is 12.1 Å². The summed E-state index contributed by atoms with van der Waals surface area (Å²) < 4.78 is 18.7. The van der Waals surface area contributed by atoms with Gasteiger partial charge in [0.25, 0.3) is 0 Å². The number of benzene rings is 1. The van der Waals surface area contributed by atoms with Crippen molar-refractivity contribution in [2.45, 2.75) is 57.1 Å². The second-order valence-corrected chi connectivity index (χ2v) is 9.81. The van der Waals surface area contributed by atoms with Crippen LogP contribution in [0, 0.1) is 0 Å². The predicted octanol–water partition coefficient (Wildman–Crippen LogP) is 4.87. The van der Waals surface area contributed by atoms with E-state index in [4.69, 9.17) is 24.9 Å². The van der Waals surface area contributed by atoms with Gasteiger partial charge in [-0.25, -0.2) is 15.0 Å². The molecule has 2 saturated heterocycles. The topological polar surface area (TPSA) is 97.3 Å². The van der Waals surface area contributed by atoms with E-state index in [1.807, 2.05) is 47.2 Å². The van der Waals surface area contributed by atoms with Crippen LogP contribution in [0.15, 0.2) is 53.5 Å². The van der Waals surface area contributed by atoms with Crippen molar-refractivity contribution < 1.29 is 14.2 Å². The van der Waals surface area contributed by atoms with Crippen molar-refractivity contribution in [2.75, 3.05) is 19.5 Å². The fourth-order valence-electron chi connectivity index (χ4n) is 4.46. The molecule has 2 N–H and O–H groups in total. The highest BCUT2D eigenvalue weighted by atomic mass is 32.1. The van der Waals surface area contributed by atoms with Crippen LogP contribution in [0.2, 0.25) is 0 Å². The summed E-state index contributed by atoms with van der Waals surface area (Å²) >= 11 is 1.66. The molecule has 0 radical (unpaired) electrons. The van der Waals surface area contributed by atoms with E-state index in [9.17, 15) is 0 Å². The number of imidazole rings is 1. The number of nitrogens with two attached hydrogens (primary N) is 1. The van der Waals surface area contributed by atoms with Gasteiger partial charge in [-0.05, 0) is 41.7 Å². The minimum absolute atomic E-state index is 0.0200. The van der Waals surface area contributed by atoms with Gasteiger partial charge in [-0.1, -0.05) is 37.3 Å². The van der Waals surface area contributed by atoms with Gasteiger partial charge in [-0.15, -0.1) is 0 Å². The van der Waals surface area contributed by atoms with E-state index in [0.717, 1.165) is 5.56 Å². The summed E-state index contributed by atoms with van der Waals surface area (Å²) in [7, 11) is 1.66. The average molecular weight is 494 g/mol. The first kappa shape index (κ1) is 23.9. The van der Waals surface area contributed by atoms with E-state index in [2.05, 4.69) is 21.4 Å². The number of thiophene rings is 1. The molecule has 5 aliphatic rings. The molecule has 4 unspecified atom stereocenters. The second kappa shape index (κ2) is 10.8. The summed E-state index contributed by atoms with van der Waals surface area (Å²) in [6, 6.07) is 12.0. The molecule has 3 fully saturated rings. The van der Waals surface area contributed by atoms with Gasteiger partial charge < -0.3 is 19.9 Å². The molecule has 9 heteroatoms. The Balaban J connectivity index is 0.000000362. The molecular weight excluding hydrogens is 462 g/mol. The van der Waals surface area contributed by atoms with Crippen molar-refractivity contribution in [3.8, 4) is 11.5 Å². The third-order valence-electron chi connectivity index (χ3n) is 6.41. The Bertz CT molecular complexity index is 1160. The molecule has 5 heterocycles. The molecule has 0 spiro atoms. The summed E-state index contributed by atoms with van der Waals surface area (Å²) in [4.78, 5) is 13.7. The number of nitrogens with zero attached hydrogens (tertiary/aromatic N) is 4. The van der Waals surface area contributed by atoms with Crippen molar-refractivity contribution >= 4 is 17.2 Å². The Hall–Kier alpha value is -2.85. The fourth-order valence-corrected chi connectivity index (χ4v) is 5.12. The van der Waals surface area contributed by atoms with Gasteiger partial charge in [0.2, 0.25) is 0 Å². The Kier molecular flexibility index (Phi) is 7.38. The first-order chi connectivity index (χ1) is 17.1. The lowest BCUT2D eigenvalue weighted by molar-refractivity contribution is -0.0647. The third kappa shape index (κ3) is 5.38. The Morgan fingerprint density at radius 3 is 2.57 bits per heavy atom. The summed E-state index contributed by atoms with van der Waals surface area (Å²) in [5.41, 5.74) is 8.82. The van der Waals surface area contributed by atoms with Crippen LogP contribution in [0.5, 0.6) is 0 Å². The van der Waals surface area contributed by atoms with Crippen LogP contribution < -0.4 is 5.73 Å². The van der Waals surface area contributed by atoms with Crippen molar-refractivity contribution in [1.82, 2.24) is 19.5 Å². The highest BCUT2D eigenvalue weighted by molar-refractivity contribution is 7.07. The highest BCUT2D eigenvalue weighted by Crippen LogP contribution is 2.36. The maximum atomic E-state index is 6.09. The molecule has 1 aromatic carbocycles. The first-order valence-corrected chi connectivity index (χ1v) is 12.9. The monoisotopic (exact) mass is 493 g/mol. The Labute approximate surface area is 209 Å². The van der Waals surface area contributed by atoms with E-state index < -0.39 is 0 Å². The number of rotatable bonds is 8. The molecule has 8 nitrogen and oxygen atoms in total. The number of methoxy groups -OCH3 is 1. The molecule has 4 aliphatic heterocycles. The molecule has 4 atom stereocenters. The van der Waals surface area contributed by atoms with Gasteiger partial charge >= 0.3 is 0 Å². The molecular formula is C26H31N5O3S. The van der Waals surface area contributed by atoms with Crippen LogP contribution in [0.25, 0.3) is 11.5 Å². The molecule has 1 aromatic heterocycles. The molecule has 35 heavy (non-hydrogen) atoms. The maximum Gasteiger partial charge on any atom is 0.168 e. The zero-order valence-electron chi connectivity index (χ0n) is 20.0. The number of ether oxygens (including phenoxy) is 3. The van der Waals surface area contributed by atoms with Crippen molar-refractivity contribution in [3.63, 3.8) is 0 Å². The minimum Gasteiger partial charge on any atom is -0.382 e.